The number of benzene rings is 1. The van der Waals surface area contributed by atoms with Crippen molar-refractivity contribution >= 4 is 17.7 Å². The lowest BCUT2D eigenvalue weighted by Gasteiger charge is -2.14. The van der Waals surface area contributed by atoms with Crippen LogP contribution in [0.4, 0.5) is 0 Å². The Bertz CT molecular complexity index is 531. The molecule has 0 aromatic heterocycles. The maximum Gasteiger partial charge on any atom is 0.324 e. The van der Waals surface area contributed by atoms with E-state index in [9.17, 15) is 14.4 Å². The average Bonchev–Trinajstić information content (AvgIpc) is 3.25. The van der Waals surface area contributed by atoms with Gasteiger partial charge in [0.1, 0.15) is 0 Å². The molecule has 112 valence electrons. The first-order valence-electron chi connectivity index (χ1n) is 7.01. The quantitative estimate of drug-likeness (QED) is 0.455. The molecule has 5 heteroatoms. The predicted octanol–water partition coefficient (Wildman–Crippen LogP) is 2.00. The average molecular weight is 290 g/mol. The molecule has 1 fully saturated rings. The van der Waals surface area contributed by atoms with Crippen LogP contribution >= 0.6 is 0 Å². The fourth-order valence-electron chi connectivity index (χ4n) is 2.44. The van der Waals surface area contributed by atoms with Crippen LogP contribution in [-0.4, -0.2) is 30.9 Å². The Morgan fingerprint density at radius 3 is 2.05 bits per heavy atom. The third-order valence-electron chi connectivity index (χ3n) is 3.61. The van der Waals surface area contributed by atoms with E-state index in [1.165, 1.54) is 0 Å². The molecule has 1 atom stereocenters. The largest absolute Gasteiger partial charge is 0.465 e. The molecular weight excluding hydrogens is 272 g/mol. The molecule has 2 rings (SSSR count). The minimum atomic E-state index is -1.46. The second-order valence-electron chi connectivity index (χ2n) is 4.90. The Kier molecular flexibility index (Phi) is 4.40. The van der Waals surface area contributed by atoms with Gasteiger partial charge in [-0.25, -0.2) is 0 Å². The molecule has 0 aliphatic heterocycles. The normalized spacial score (nSPS) is 18.7. The molecular formula is C16H18O5. The number of ether oxygens (including phenoxy) is 2. The molecule has 1 aromatic carbocycles. The van der Waals surface area contributed by atoms with Crippen molar-refractivity contribution in [2.45, 2.75) is 20.3 Å². The zero-order valence-corrected chi connectivity index (χ0v) is 12.1. The van der Waals surface area contributed by atoms with E-state index in [-0.39, 0.29) is 25.4 Å². The lowest BCUT2D eigenvalue weighted by molar-refractivity contribution is -0.164. The maximum atomic E-state index is 12.4. The molecule has 21 heavy (non-hydrogen) atoms. The van der Waals surface area contributed by atoms with E-state index in [1.54, 1.807) is 44.2 Å². The Balaban J connectivity index is 2.24. The first-order chi connectivity index (χ1) is 10.1. The summed E-state index contributed by atoms with van der Waals surface area (Å²) in [6, 6.07) is 8.62. The predicted molar refractivity (Wildman–Crippen MR) is 74.6 cm³/mol. The molecule has 1 aromatic rings. The van der Waals surface area contributed by atoms with Gasteiger partial charge in [-0.05, 0) is 20.3 Å². The van der Waals surface area contributed by atoms with E-state index in [0.717, 1.165) is 0 Å². The molecule has 1 aliphatic rings. The highest BCUT2D eigenvalue weighted by Crippen LogP contribution is 2.56. The number of rotatable bonds is 6. The SMILES string of the molecule is CCOC(=O)C1(C(=O)OCC)CC1C(=O)c1ccccc1. The van der Waals surface area contributed by atoms with Gasteiger partial charge in [0.05, 0.1) is 19.1 Å². The molecule has 0 heterocycles. The van der Waals surface area contributed by atoms with Crippen molar-refractivity contribution < 1.29 is 23.9 Å². The molecule has 0 radical (unpaired) electrons. The van der Waals surface area contributed by atoms with Crippen LogP contribution in [0.1, 0.15) is 30.6 Å². The van der Waals surface area contributed by atoms with Crippen molar-refractivity contribution in [2.75, 3.05) is 13.2 Å². The number of carbonyl (C=O) groups excluding carboxylic acids is 3. The van der Waals surface area contributed by atoms with E-state index in [1.807, 2.05) is 0 Å². The molecule has 1 aliphatic carbocycles. The standard InChI is InChI=1S/C16H18O5/c1-3-20-14(18)16(15(19)21-4-2)10-12(16)13(17)11-8-6-5-7-9-11/h5-9,12H,3-4,10H2,1-2H3. The number of hydrogen-bond acceptors (Lipinski definition) is 5. The van der Waals surface area contributed by atoms with Crippen LogP contribution < -0.4 is 0 Å². The Morgan fingerprint density at radius 2 is 1.57 bits per heavy atom. The molecule has 0 spiro atoms. The molecule has 0 saturated heterocycles. The molecule has 1 unspecified atom stereocenters. The van der Waals surface area contributed by atoms with Crippen LogP contribution in [0.15, 0.2) is 30.3 Å². The number of esters is 2. The monoisotopic (exact) mass is 290 g/mol. The van der Waals surface area contributed by atoms with Gasteiger partial charge in [-0.3, -0.25) is 14.4 Å². The number of Topliss-reactive ketones (excluding diaryl/α,β-unsaturated/α-hetero) is 1. The first kappa shape index (κ1) is 15.2. The highest BCUT2D eigenvalue weighted by atomic mass is 16.6. The summed E-state index contributed by atoms with van der Waals surface area (Å²) in [6.45, 7) is 3.64. The Hall–Kier alpha value is -2.17. The van der Waals surface area contributed by atoms with Crippen LogP contribution in [0.5, 0.6) is 0 Å². The summed E-state index contributed by atoms with van der Waals surface area (Å²) >= 11 is 0. The highest BCUT2D eigenvalue weighted by molar-refractivity contribution is 6.13. The van der Waals surface area contributed by atoms with Crippen molar-refractivity contribution in [3.05, 3.63) is 35.9 Å². The van der Waals surface area contributed by atoms with Crippen LogP contribution in [0.2, 0.25) is 0 Å². The topological polar surface area (TPSA) is 69.7 Å². The molecule has 1 saturated carbocycles. The van der Waals surface area contributed by atoms with Gasteiger partial charge in [-0.2, -0.15) is 0 Å². The van der Waals surface area contributed by atoms with Crippen molar-refractivity contribution in [1.29, 1.82) is 0 Å². The zero-order valence-electron chi connectivity index (χ0n) is 12.1. The zero-order chi connectivity index (χ0) is 15.5. The van der Waals surface area contributed by atoms with Gasteiger partial charge < -0.3 is 9.47 Å². The van der Waals surface area contributed by atoms with Crippen molar-refractivity contribution in [1.82, 2.24) is 0 Å². The molecule has 0 amide bonds. The smallest absolute Gasteiger partial charge is 0.324 e. The number of hydrogen-bond donors (Lipinski definition) is 0. The van der Waals surface area contributed by atoms with E-state index < -0.39 is 23.3 Å². The van der Waals surface area contributed by atoms with Crippen molar-refractivity contribution in [3.8, 4) is 0 Å². The minimum absolute atomic E-state index is 0.151. The van der Waals surface area contributed by atoms with E-state index >= 15 is 0 Å². The van der Waals surface area contributed by atoms with Crippen LogP contribution in [-0.2, 0) is 19.1 Å². The van der Waals surface area contributed by atoms with Gasteiger partial charge in [0.15, 0.2) is 11.2 Å². The highest BCUT2D eigenvalue weighted by Gasteiger charge is 2.71. The second kappa shape index (κ2) is 6.08. The van der Waals surface area contributed by atoms with E-state index in [2.05, 4.69) is 0 Å². The Morgan fingerprint density at radius 1 is 1.05 bits per heavy atom. The number of carbonyl (C=O) groups is 3. The van der Waals surface area contributed by atoms with E-state index in [0.29, 0.717) is 5.56 Å². The fourth-order valence-corrected chi connectivity index (χ4v) is 2.44. The van der Waals surface area contributed by atoms with E-state index in [4.69, 9.17) is 9.47 Å². The van der Waals surface area contributed by atoms with Gasteiger partial charge in [0.25, 0.3) is 0 Å². The maximum absolute atomic E-state index is 12.4. The fraction of sp³-hybridized carbons (Fsp3) is 0.438. The summed E-state index contributed by atoms with van der Waals surface area (Å²) in [5.74, 6) is -2.26. The molecule has 0 N–H and O–H groups in total. The van der Waals surface area contributed by atoms with Gasteiger partial charge in [-0.15, -0.1) is 0 Å². The summed E-state index contributed by atoms with van der Waals surface area (Å²) in [7, 11) is 0. The lowest BCUT2D eigenvalue weighted by atomic mass is 9.98. The van der Waals surface area contributed by atoms with Crippen LogP contribution in [0.25, 0.3) is 0 Å². The third-order valence-corrected chi connectivity index (χ3v) is 3.61. The Labute approximate surface area is 123 Å². The minimum Gasteiger partial charge on any atom is -0.465 e. The van der Waals surface area contributed by atoms with Crippen LogP contribution in [0, 0.1) is 11.3 Å². The van der Waals surface area contributed by atoms with Gasteiger partial charge in [0, 0.05) is 5.56 Å². The third kappa shape index (κ3) is 2.68. The van der Waals surface area contributed by atoms with Crippen LogP contribution in [0.3, 0.4) is 0 Å². The second-order valence-corrected chi connectivity index (χ2v) is 4.90. The van der Waals surface area contributed by atoms with Gasteiger partial charge in [-0.1, -0.05) is 30.3 Å². The molecule has 0 bridgehead atoms. The van der Waals surface area contributed by atoms with Crippen molar-refractivity contribution in [3.63, 3.8) is 0 Å². The lowest BCUT2D eigenvalue weighted by Crippen LogP contribution is -2.33. The van der Waals surface area contributed by atoms with Gasteiger partial charge in [0.2, 0.25) is 0 Å². The summed E-state index contributed by atoms with van der Waals surface area (Å²) in [4.78, 5) is 36.7. The molecule has 5 nitrogen and oxygen atoms in total. The summed E-state index contributed by atoms with van der Waals surface area (Å²) in [6.07, 6.45) is 0.151. The number of ketones is 1. The summed E-state index contributed by atoms with van der Waals surface area (Å²) < 4.78 is 9.92. The van der Waals surface area contributed by atoms with Crippen molar-refractivity contribution in [2.24, 2.45) is 11.3 Å². The summed E-state index contributed by atoms with van der Waals surface area (Å²) in [5.41, 5.74) is -0.975. The first-order valence-corrected chi connectivity index (χ1v) is 7.01. The summed E-state index contributed by atoms with van der Waals surface area (Å²) in [5, 5.41) is 0. The van der Waals surface area contributed by atoms with Gasteiger partial charge >= 0.3 is 11.9 Å².